The second-order valence-corrected chi connectivity index (χ2v) is 5.40. The SMILES string of the molecule is Cc1cc(CO)cnc1Sc1ncnc2ccccc12. The average Bonchev–Trinajstić information content (AvgIpc) is 2.49. The van der Waals surface area contributed by atoms with Crippen molar-refractivity contribution in [2.24, 2.45) is 0 Å². The summed E-state index contributed by atoms with van der Waals surface area (Å²) in [7, 11) is 0. The van der Waals surface area contributed by atoms with E-state index in [0.717, 1.165) is 32.1 Å². The summed E-state index contributed by atoms with van der Waals surface area (Å²) in [5, 5.41) is 11.9. The predicted octanol–water partition coefficient (Wildman–Crippen LogP) is 2.98. The number of hydrogen-bond donors (Lipinski definition) is 1. The molecule has 0 saturated carbocycles. The fourth-order valence-electron chi connectivity index (χ4n) is 1.97. The Balaban J connectivity index is 2.01. The van der Waals surface area contributed by atoms with E-state index in [4.69, 9.17) is 5.11 Å². The molecule has 1 N–H and O–H groups in total. The Morgan fingerprint density at radius 3 is 2.75 bits per heavy atom. The van der Waals surface area contributed by atoms with Gasteiger partial charge in [-0.15, -0.1) is 0 Å². The van der Waals surface area contributed by atoms with Gasteiger partial charge in [0.1, 0.15) is 16.4 Å². The van der Waals surface area contributed by atoms with Crippen molar-refractivity contribution in [3.05, 3.63) is 54.0 Å². The number of aromatic nitrogens is 3. The second kappa shape index (κ2) is 5.56. The molecule has 4 nitrogen and oxygen atoms in total. The predicted molar refractivity (Wildman–Crippen MR) is 78.6 cm³/mol. The zero-order chi connectivity index (χ0) is 13.9. The number of fused-ring (bicyclic) bond motifs is 1. The molecule has 0 aliphatic rings. The van der Waals surface area contributed by atoms with Gasteiger partial charge in [-0.05, 0) is 41.9 Å². The summed E-state index contributed by atoms with van der Waals surface area (Å²) in [5.74, 6) is 0. The van der Waals surface area contributed by atoms with E-state index in [9.17, 15) is 0 Å². The standard InChI is InChI=1S/C15H13N3OS/c1-10-6-11(8-19)7-16-14(10)20-15-12-4-2-3-5-13(12)17-9-18-15/h2-7,9,19H,8H2,1H3. The zero-order valence-corrected chi connectivity index (χ0v) is 11.8. The topological polar surface area (TPSA) is 58.9 Å². The number of aliphatic hydroxyl groups is 1. The molecule has 0 saturated heterocycles. The van der Waals surface area contributed by atoms with Crippen molar-refractivity contribution in [1.82, 2.24) is 15.0 Å². The Hall–Kier alpha value is -1.98. The quantitative estimate of drug-likeness (QED) is 0.749. The van der Waals surface area contributed by atoms with E-state index in [1.165, 1.54) is 11.8 Å². The summed E-state index contributed by atoms with van der Waals surface area (Å²) in [6.07, 6.45) is 3.26. The Kier molecular flexibility index (Phi) is 3.62. The third-order valence-corrected chi connectivity index (χ3v) is 4.11. The Morgan fingerprint density at radius 1 is 1.10 bits per heavy atom. The van der Waals surface area contributed by atoms with Crippen molar-refractivity contribution >= 4 is 22.7 Å². The molecule has 0 bridgehead atoms. The maximum atomic E-state index is 9.12. The maximum Gasteiger partial charge on any atom is 0.117 e. The molecule has 0 amide bonds. The van der Waals surface area contributed by atoms with Gasteiger partial charge in [0.05, 0.1) is 12.1 Å². The first-order valence-electron chi connectivity index (χ1n) is 6.22. The Labute approximate surface area is 120 Å². The van der Waals surface area contributed by atoms with E-state index in [1.54, 1.807) is 12.5 Å². The molecular formula is C15H13N3OS. The number of para-hydroxylation sites is 1. The number of benzene rings is 1. The molecule has 0 aliphatic carbocycles. The van der Waals surface area contributed by atoms with Crippen molar-refractivity contribution in [3.63, 3.8) is 0 Å². The van der Waals surface area contributed by atoms with Crippen LogP contribution in [0.2, 0.25) is 0 Å². The molecule has 0 fully saturated rings. The maximum absolute atomic E-state index is 9.12. The van der Waals surface area contributed by atoms with Crippen LogP contribution in [-0.2, 0) is 6.61 Å². The van der Waals surface area contributed by atoms with Gasteiger partial charge in [-0.25, -0.2) is 15.0 Å². The zero-order valence-electron chi connectivity index (χ0n) is 10.9. The molecule has 1 aromatic carbocycles. The average molecular weight is 283 g/mol. The van der Waals surface area contributed by atoms with E-state index in [1.807, 2.05) is 37.3 Å². The minimum atomic E-state index is 0.00915. The molecule has 0 spiro atoms. The van der Waals surface area contributed by atoms with Crippen LogP contribution < -0.4 is 0 Å². The lowest BCUT2D eigenvalue weighted by Gasteiger charge is -2.07. The molecule has 2 aromatic heterocycles. The van der Waals surface area contributed by atoms with Crippen molar-refractivity contribution < 1.29 is 5.11 Å². The monoisotopic (exact) mass is 283 g/mol. The lowest BCUT2D eigenvalue weighted by molar-refractivity contribution is 0.281. The van der Waals surface area contributed by atoms with E-state index < -0.39 is 0 Å². The minimum absolute atomic E-state index is 0.00915. The van der Waals surface area contributed by atoms with Crippen LogP contribution in [-0.4, -0.2) is 20.1 Å². The van der Waals surface area contributed by atoms with Gasteiger partial charge in [0.2, 0.25) is 0 Å². The first-order valence-corrected chi connectivity index (χ1v) is 7.03. The molecule has 20 heavy (non-hydrogen) atoms. The van der Waals surface area contributed by atoms with Crippen molar-refractivity contribution in [3.8, 4) is 0 Å². The molecule has 3 rings (SSSR count). The number of pyridine rings is 1. The molecule has 0 aliphatic heterocycles. The fraction of sp³-hybridized carbons (Fsp3) is 0.133. The van der Waals surface area contributed by atoms with Crippen LogP contribution >= 0.6 is 11.8 Å². The highest BCUT2D eigenvalue weighted by Gasteiger charge is 2.08. The van der Waals surface area contributed by atoms with Crippen LogP contribution in [0.1, 0.15) is 11.1 Å². The summed E-state index contributed by atoms with van der Waals surface area (Å²) in [5.41, 5.74) is 2.78. The molecule has 100 valence electrons. The highest BCUT2D eigenvalue weighted by Crippen LogP contribution is 2.31. The number of hydrogen-bond acceptors (Lipinski definition) is 5. The van der Waals surface area contributed by atoms with Gasteiger partial charge in [0.25, 0.3) is 0 Å². The van der Waals surface area contributed by atoms with Crippen LogP contribution in [0.15, 0.2) is 52.9 Å². The largest absolute Gasteiger partial charge is 0.392 e. The highest BCUT2D eigenvalue weighted by molar-refractivity contribution is 7.99. The van der Waals surface area contributed by atoms with Gasteiger partial charge in [-0.2, -0.15) is 0 Å². The first-order chi connectivity index (χ1) is 9.78. The lowest BCUT2D eigenvalue weighted by atomic mass is 10.2. The van der Waals surface area contributed by atoms with Crippen LogP contribution in [0.3, 0.4) is 0 Å². The summed E-state index contributed by atoms with van der Waals surface area (Å²) < 4.78 is 0. The normalized spacial score (nSPS) is 10.9. The highest BCUT2D eigenvalue weighted by atomic mass is 32.2. The number of aryl methyl sites for hydroxylation is 1. The molecule has 0 atom stereocenters. The van der Waals surface area contributed by atoms with Crippen LogP contribution in [0, 0.1) is 6.92 Å². The summed E-state index contributed by atoms with van der Waals surface area (Å²) in [6.45, 7) is 1.99. The van der Waals surface area contributed by atoms with Crippen molar-refractivity contribution in [2.75, 3.05) is 0 Å². The van der Waals surface area contributed by atoms with Crippen molar-refractivity contribution in [2.45, 2.75) is 23.6 Å². The number of aliphatic hydroxyl groups excluding tert-OH is 1. The first kappa shape index (κ1) is 13.0. The van der Waals surface area contributed by atoms with Crippen LogP contribution in [0.25, 0.3) is 10.9 Å². The van der Waals surface area contributed by atoms with Crippen LogP contribution in [0.5, 0.6) is 0 Å². The summed E-state index contributed by atoms with van der Waals surface area (Å²) in [4.78, 5) is 13.0. The van der Waals surface area contributed by atoms with E-state index >= 15 is 0 Å². The molecule has 5 heteroatoms. The van der Waals surface area contributed by atoms with Gasteiger partial charge in [0.15, 0.2) is 0 Å². The fourth-order valence-corrected chi connectivity index (χ4v) is 2.86. The molecule has 3 aromatic rings. The smallest absolute Gasteiger partial charge is 0.117 e. The van der Waals surface area contributed by atoms with E-state index in [-0.39, 0.29) is 6.61 Å². The molecule has 2 heterocycles. The third-order valence-electron chi connectivity index (χ3n) is 2.97. The number of rotatable bonds is 3. The van der Waals surface area contributed by atoms with Crippen LogP contribution in [0.4, 0.5) is 0 Å². The second-order valence-electron chi connectivity index (χ2n) is 4.42. The molecular weight excluding hydrogens is 270 g/mol. The van der Waals surface area contributed by atoms with E-state index in [2.05, 4.69) is 15.0 Å². The summed E-state index contributed by atoms with van der Waals surface area (Å²) >= 11 is 1.52. The van der Waals surface area contributed by atoms with Gasteiger partial charge in [0, 0.05) is 11.6 Å². The lowest BCUT2D eigenvalue weighted by Crippen LogP contribution is -1.92. The van der Waals surface area contributed by atoms with Gasteiger partial charge >= 0.3 is 0 Å². The number of nitrogens with zero attached hydrogens (tertiary/aromatic N) is 3. The molecule has 0 unspecified atom stereocenters. The molecule has 0 radical (unpaired) electrons. The Morgan fingerprint density at radius 2 is 1.95 bits per heavy atom. The minimum Gasteiger partial charge on any atom is -0.392 e. The van der Waals surface area contributed by atoms with Gasteiger partial charge < -0.3 is 5.11 Å². The third kappa shape index (κ3) is 2.50. The van der Waals surface area contributed by atoms with Crippen molar-refractivity contribution in [1.29, 1.82) is 0 Å². The van der Waals surface area contributed by atoms with Gasteiger partial charge in [-0.3, -0.25) is 0 Å². The Bertz CT molecular complexity index is 756. The van der Waals surface area contributed by atoms with Gasteiger partial charge in [-0.1, -0.05) is 18.2 Å². The summed E-state index contributed by atoms with van der Waals surface area (Å²) in [6, 6.07) is 9.86. The van der Waals surface area contributed by atoms with E-state index in [0.29, 0.717) is 0 Å².